The van der Waals surface area contributed by atoms with Crippen molar-refractivity contribution in [3.05, 3.63) is 66.0 Å². The summed E-state index contributed by atoms with van der Waals surface area (Å²) in [4.78, 5) is 25.6. The van der Waals surface area contributed by atoms with E-state index in [9.17, 15) is 14.0 Å². The predicted octanol–water partition coefficient (Wildman–Crippen LogP) is 1.22. The van der Waals surface area contributed by atoms with Crippen LogP contribution in [0, 0.1) is 5.82 Å². The Morgan fingerprint density at radius 2 is 1.73 bits per heavy atom. The quantitative estimate of drug-likeness (QED) is 0.863. The number of hydrogen-bond donors (Lipinski definition) is 1. The first-order valence-corrected chi connectivity index (χ1v) is 7.15. The Bertz CT molecular complexity index is 686. The van der Waals surface area contributed by atoms with Gasteiger partial charge in [0, 0.05) is 5.56 Å². The zero-order valence-electron chi connectivity index (χ0n) is 11.9. The van der Waals surface area contributed by atoms with Gasteiger partial charge in [-0.2, -0.15) is 0 Å². The number of carbonyl (C=O) groups is 2. The van der Waals surface area contributed by atoms with Gasteiger partial charge in [-0.3, -0.25) is 9.59 Å². The average Bonchev–Trinajstić information content (AvgIpc) is 2.82. The van der Waals surface area contributed by atoms with Crippen molar-refractivity contribution in [3.63, 3.8) is 0 Å². The maximum Gasteiger partial charge on any atom is 0.292 e. The maximum absolute atomic E-state index is 13.0. The summed E-state index contributed by atoms with van der Waals surface area (Å²) in [7, 11) is 0. The molecular weight excluding hydrogens is 283 g/mol. The highest BCUT2D eigenvalue weighted by Crippen LogP contribution is 2.21. The van der Waals surface area contributed by atoms with Gasteiger partial charge in [-0.25, -0.2) is 9.29 Å². The summed E-state index contributed by atoms with van der Waals surface area (Å²) >= 11 is 0. The van der Waals surface area contributed by atoms with Crippen LogP contribution >= 0.6 is 0 Å². The minimum absolute atomic E-state index is 0.170. The van der Waals surface area contributed by atoms with Gasteiger partial charge in [-0.05, 0) is 24.3 Å². The van der Waals surface area contributed by atoms with Gasteiger partial charge in [0.2, 0.25) is 5.91 Å². The van der Waals surface area contributed by atoms with Crippen molar-refractivity contribution >= 4 is 17.5 Å². The molecule has 1 atom stereocenters. The molecule has 3 rings (SSSR count). The van der Waals surface area contributed by atoms with Crippen molar-refractivity contribution in [2.45, 2.75) is 19.0 Å². The van der Waals surface area contributed by atoms with E-state index in [4.69, 9.17) is 0 Å². The topological polar surface area (TPSA) is 54.0 Å². The molecule has 0 radical (unpaired) electrons. The molecule has 0 aromatic heterocycles. The van der Waals surface area contributed by atoms with E-state index in [-0.39, 0.29) is 18.2 Å². The lowest BCUT2D eigenvalue weighted by atomic mass is 10.2. The van der Waals surface area contributed by atoms with Gasteiger partial charge in [0.15, 0.2) is 6.04 Å². The van der Waals surface area contributed by atoms with Gasteiger partial charge in [-0.1, -0.05) is 30.3 Å². The van der Waals surface area contributed by atoms with Crippen molar-refractivity contribution in [1.29, 1.82) is 0 Å². The Hall–Kier alpha value is -2.53. The Morgan fingerprint density at radius 1 is 1.05 bits per heavy atom. The normalized spacial score (nSPS) is 18.0. The molecule has 0 saturated carbocycles. The Labute approximate surface area is 127 Å². The van der Waals surface area contributed by atoms with Crippen molar-refractivity contribution in [2.24, 2.45) is 0 Å². The largest absolute Gasteiger partial charge is 0.332 e. The van der Waals surface area contributed by atoms with Gasteiger partial charge in [0.05, 0.1) is 12.1 Å². The number of amides is 2. The van der Waals surface area contributed by atoms with Gasteiger partial charge in [0.25, 0.3) is 5.91 Å². The highest BCUT2D eigenvalue weighted by molar-refractivity contribution is 6.21. The first kappa shape index (κ1) is 14.4. The molecule has 2 amide bonds. The third-order valence-electron chi connectivity index (χ3n) is 3.75. The van der Waals surface area contributed by atoms with E-state index in [1.165, 1.54) is 24.3 Å². The predicted molar refractivity (Wildman–Crippen MR) is 79.4 cm³/mol. The third kappa shape index (κ3) is 2.89. The molecule has 5 heteroatoms. The van der Waals surface area contributed by atoms with E-state index in [2.05, 4.69) is 0 Å². The third-order valence-corrected chi connectivity index (χ3v) is 3.75. The van der Waals surface area contributed by atoms with Crippen LogP contribution in [0.1, 0.15) is 12.0 Å². The summed E-state index contributed by atoms with van der Waals surface area (Å²) in [5, 5.41) is 1.87. The molecule has 0 aliphatic carbocycles. The number of carbonyl (C=O) groups excluding carboxylic acids is 2. The lowest BCUT2D eigenvalue weighted by Crippen LogP contribution is -2.90. The van der Waals surface area contributed by atoms with E-state index in [1.54, 1.807) is 0 Å². The molecule has 2 N–H and O–H groups in total. The summed E-state index contributed by atoms with van der Waals surface area (Å²) in [5.74, 6) is -0.881. The Balaban J connectivity index is 1.70. The number of hydrogen-bond acceptors (Lipinski definition) is 2. The molecule has 0 spiro atoms. The first-order valence-electron chi connectivity index (χ1n) is 7.15. The second-order valence-electron chi connectivity index (χ2n) is 5.28. The fraction of sp³-hybridized carbons (Fsp3) is 0.176. The summed E-state index contributed by atoms with van der Waals surface area (Å²) < 4.78 is 13.0. The standard InChI is InChI=1S/C17H15FN2O2/c18-13-6-8-14(9-7-13)20-16(21)10-15(17(20)22)19-11-12-4-2-1-3-5-12/h1-9,15,19H,10-11H2/p+1/t15-/m1/s1. The zero-order chi connectivity index (χ0) is 15.5. The zero-order valence-corrected chi connectivity index (χ0v) is 11.9. The minimum Gasteiger partial charge on any atom is -0.332 e. The van der Waals surface area contributed by atoms with Gasteiger partial charge in [0.1, 0.15) is 12.4 Å². The Kier molecular flexibility index (Phi) is 3.98. The van der Waals surface area contributed by atoms with Gasteiger partial charge >= 0.3 is 0 Å². The number of imide groups is 1. The summed E-state index contributed by atoms with van der Waals surface area (Å²) in [6.07, 6.45) is 0.170. The lowest BCUT2D eigenvalue weighted by Gasteiger charge is -2.14. The molecule has 1 aliphatic rings. The van der Waals surface area contributed by atoms with Crippen LogP contribution in [-0.2, 0) is 16.1 Å². The Morgan fingerprint density at radius 3 is 2.41 bits per heavy atom. The molecule has 0 unspecified atom stereocenters. The summed E-state index contributed by atoms with van der Waals surface area (Å²) in [5.41, 5.74) is 1.52. The van der Waals surface area contributed by atoms with Crippen molar-refractivity contribution in [1.82, 2.24) is 0 Å². The molecule has 1 fully saturated rings. The SMILES string of the molecule is O=C1C[C@@H]([NH2+]Cc2ccccc2)C(=O)N1c1ccc(F)cc1. The van der Waals surface area contributed by atoms with Crippen LogP contribution in [0.15, 0.2) is 54.6 Å². The van der Waals surface area contributed by atoms with Crippen LogP contribution in [0.4, 0.5) is 10.1 Å². The average molecular weight is 299 g/mol. The smallest absolute Gasteiger partial charge is 0.292 e. The highest BCUT2D eigenvalue weighted by atomic mass is 19.1. The number of nitrogens with two attached hydrogens (primary N) is 1. The van der Waals surface area contributed by atoms with Crippen molar-refractivity contribution in [2.75, 3.05) is 4.90 Å². The maximum atomic E-state index is 13.0. The van der Waals surface area contributed by atoms with E-state index in [0.29, 0.717) is 12.2 Å². The van der Waals surface area contributed by atoms with Crippen LogP contribution in [0.2, 0.25) is 0 Å². The second kappa shape index (κ2) is 6.07. The molecule has 1 saturated heterocycles. The molecular formula is C17H16FN2O2+. The molecule has 22 heavy (non-hydrogen) atoms. The number of quaternary nitrogens is 1. The van der Waals surface area contributed by atoms with Gasteiger partial charge < -0.3 is 5.32 Å². The minimum atomic E-state index is -0.419. The van der Waals surface area contributed by atoms with E-state index >= 15 is 0 Å². The second-order valence-corrected chi connectivity index (χ2v) is 5.28. The first-order chi connectivity index (χ1) is 10.6. The molecule has 1 aliphatic heterocycles. The van der Waals surface area contributed by atoms with E-state index in [0.717, 1.165) is 10.5 Å². The molecule has 112 valence electrons. The highest BCUT2D eigenvalue weighted by Gasteiger charge is 2.42. The van der Waals surface area contributed by atoms with Crippen LogP contribution in [-0.4, -0.2) is 17.9 Å². The molecule has 0 bridgehead atoms. The monoisotopic (exact) mass is 299 g/mol. The number of rotatable bonds is 4. The molecule has 2 aromatic carbocycles. The lowest BCUT2D eigenvalue weighted by molar-refractivity contribution is -0.690. The van der Waals surface area contributed by atoms with Crippen molar-refractivity contribution in [3.8, 4) is 0 Å². The van der Waals surface area contributed by atoms with Crippen LogP contribution in [0.5, 0.6) is 0 Å². The fourth-order valence-electron chi connectivity index (χ4n) is 2.59. The van der Waals surface area contributed by atoms with E-state index < -0.39 is 11.9 Å². The summed E-state index contributed by atoms with van der Waals surface area (Å²) in [6, 6.07) is 14.8. The van der Waals surface area contributed by atoms with Gasteiger partial charge in [-0.15, -0.1) is 0 Å². The number of benzene rings is 2. The number of anilines is 1. The van der Waals surface area contributed by atoms with E-state index in [1.807, 2.05) is 35.6 Å². The van der Waals surface area contributed by atoms with Crippen molar-refractivity contribution < 1.29 is 19.3 Å². The fourth-order valence-corrected chi connectivity index (χ4v) is 2.59. The van der Waals surface area contributed by atoms with Crippen LogP contribution in [0.25, 0.3) is 0 Å². The molecule has 1 heterocycles. The number of nitrogens with zero attached hydrogens (tertiary/aromatic N) is 1. The van der Waals surface area contributed by atoms with Crippen LogP contribution < -0.4 is 10.2 Å². The summed E-state index contributed by atoms with van der Waals surface area (Å²) in [6.45, 7) is 0.641. The number of halogens is 1. The van der Waals surface area contributed by atoms with Crippen LogP contribution in [0.3, 0.4) is 0 Å². The molecule has 4 nitrogen and oxygen atoms in total. The molecule has 2 aromatic rings.